The fourth-order valence-electron chi connectivity index (χ4n) is 13.0. The van der Waals surface area contributed by atoms with Gasteiger partial charge in [0.2, 0.25) is 0 Å². The quantitative estimate of drug-likeness (QED) is 0.0250. The van der Waals surface area contributed by atoms with E-state index >= 15 is 0 Å². The van der Waals surface area contributed by atoms with Crippen molar-refractivity contribution in [1.29, 1.82) is 0 Å². The number of hydrogen-bond acceptors (Lipinski definition) is 28. The zero-order valence-electron chi connectivity index (χ0n) is 59.6. The van der Waals surface area contributed by atoms with Crippen molar-refractivity contribution in [3.63, 3.8) is 0 Å². The van der Waals surface area contributed by atoms with Crippen LogP contribution in [0.15, 0.2) is 60.8 Å². The number of carbonyl (C=O) groups excluding carboxylic acids is 1. The number of aliphatic hydroxyl groups excluding tert-OH is 25. The molecule has 2 heterocycles. The van der Waals surface area contributed by atoms with Gasteiger partial charge in [0, 0.05) is 25.7 Å². The minimum absolute atomic E-state index is 0.0711. The van der Waals surface area contributed by atoms with Crippen LogP contribution in [-0.4, -0.2) is 311 Å². The smallest absolute Gasteiger partial charge is 0.138 e. The number of hydrogen-bond donors (Lipinski definition) is 25. The Bertz CT molecular complexity index is 2300. The van der Waals surface area contributed by atoms with Crippen LogP contribution in [0, 0.1) is 11.8 Å². The molecule has 2 fully saturated rings. The van der Waals surface area contributed by atoms with Gasteiger partial charge in [-0.2, -0.15) is 0 Å². The first-order valence-corrected chi connectivity index (χ1v) is 36.6. The van der Waals surface area contributed by atoms with Gasteiger partial charge < -0.3 is 137 Å². The molecule has 2 aliphatic heterocycles. The Labute approximate surface area is 596 Å². The van der Waals surface area contributed by atoms with Crippen LogP contribution in [0.25, 0.3) is 0 Å². The highest BCUT2D eigenvalue weighted by molar-refractivity contribution is 5.79. The van der Waals surface area contributed by atoms with Crippen LogP contribution in [-0.2, 0) is 14.3 Å². The Morgan fingerprint density at radius 2 is 0.990 bits per heavy atom. The van der Waals surface area contributed by atoms with Crippen LogP contribution in [0.5, 0.6) is 0 Å². The molecule has 0 amide bonds. The Morgan fingerprint density at radius 1 is 0.475 bits per heavy atom. The summed E-state index contributed by atoms with van der Waals surface area (Å²) in [6, 6.07) is 0. The predicted octanol–water partition coefficient (Wildman–Crippen LogP) is -1.26. The number of Topliss-reactive ketones (excluding diaryl/α,β-unsaturated/α-hetero) is 1. The summed E-state index contributed by atoms with van der Waals surface area (Å²) in [6.45, 7) is 11.7. The fraction of sp³-hybridized carbons (Fsp3) is 0.849. The molecule has 0 spiro atoms. The zero-order valence-corrected chi connectivity index (χ0v) is 59.6. The van der Waals surface area contributed by atoms with Crippen molar-refractivity contribution in [1.82, 2.24) is 0 Å². The largest absolute Gasteiger partial charge is 0.394 e. The first-order chi connectivity index (χ1) is 47.6. The Morgan fingerprint density at radius 3 is 1.60 bits per heavy atom. The van der Waals surface area contributed by atoms with Crippen molar-refractivity contribution in [2.75, 3.05) is 6.61 Å². The maximum atomic E-state index is 12.5. The molecule has 0 aromatic heterocycles. The number of ketones is 1. The first-order valence-electron chi connectivity index (χ1n) is 36.6. The number of aliphatic hydroxyl groups is 25. The summed E-state index contributed by atoms with van der Waals surface area (Å²) in [5.41, 5.74) is -0.0376. The lowest BCUT2D eigenvalue weighted by molar-refractivity contribution is -0.267. The maximum Gasteiger partial charge on any atom is 0.138 e. The van der Waals surface area contributed by atoms with Gasteiger partial charge in [-0.1, -0.05) is 114 Å². The van der Waals surface area contributed by atoms with Gasteiger partial charge in [0.1, 0.15) is 97.3 Å². The van der Waals surface area contributed by atoms with Gasteiger partial charge in [-0.15, -0.1) is 6.58 Å². The average Bonchev–Trinajstić information content (AvgIpc) is 0.802. The molecule has 0 saturated carbocycles. The molecule has 25 N–H and O–H groups in total. The number of allylic oxidation sites excluding steroid dienone is 4. The molecular weight excluding hydrogens is 1320 g/mol. The molecule has 592 valence electrons. The monoisotopic (exact) mass is 1460 g/mol. The van der Waals surface area contributed by atoms with Crippen molar-refractivity contribution >= 4 is 5.78 Å². The molecule has 101 heavy (non-hydrogen) atoms. The average molecular weight is 1460 g/mol. The lowest BCUT2D eigenvalue weighted by atomic mass is 9.86. The van der Waals surface area contributed by atoms with Gasteiger partial charge in [-0.25, -0.2) is 0 Å². The molecule has 28 nitrogen and oxygen atoms in total. The molecule has 2 aliphatic rings. The third-order valence-corrected chi connectivity index (χ3v) is 19.6. The van der Waals surface area contributed by atoms with Crippen LogP contribution in [0.3, 0.4) is 0 Å². The normalized spacial score (nSPS) is 27.4. The molecule has 28 heteroatoms. The van der Waals surface area contributed by atoms with Crippen molar-refractivity contribution in [3.8, 4) is 0 Å². The molecule has 30 unspecified atom stereocenters. The van der Waals surface area contributed by atoms with E-state index in [9.17, 15) is 127 Å². The molecule has 0 aliphatic carbocycles. The van der Waals surface area contributed by atoms with Crippen LogP contribution in [0.4, 0.5) is 0 Å². The predicted molar refractivity (Wildman–Crippen MR) is 373 cm³/mol. The summed E-state index contributed by atoms with van der Waals surface area (Å²) in [6.07, 6.45) is -24.7. The zero-order chi connectivity index (χ0) is 76.2. The van der Waals surface area contributed by atoms with Gasteiger partial charge in [0.15, 0.2) is 0 Å². The SMILES string of the molecule is C=CCCCCCCCCCCC=CC(O)C(O)C1OC(C(O)C(O)C(=C)CCC(O)C2OC(C(O)C(O)C=C(C)CC(O)C(O)C(O)CC(O)C(O)C(O)C(C)CC(O)C(O)CC(C)C=CCCC(O)CC(=O)CC(O)CCCCC(O)CCCC(O)CO)C(O)C(O)C2O)CC(O)C1O. The van der Waals surface area contributed by atoms with Gasteiger partial charge in [0.05, 0.1) is 86.0 Å². The van der Waals surface area contributed by atoms with E-state index < -0.39 is 196 Å². The highest BCUT2D eigenvalue weighted by atomic mass is 16.6. The first kappa shape index (κ1) is 94.4. The molecule has 0 radical (unpaired) electrons. The van der Waals surface area contributed by atoms with Crippen molar-refractivity contribution in [2.24, 2.45) is 11.8 Å². The highest BCUT2D eigenvalue weighted by Crippen LogP contribution is 2.33. The summed E-state index contributed by atoms with van der Waals surface area (Å²) >= 11 is 0. The second-order valence-corrected chi connectivity index (χ2v) is 28.9. The van der Waals surface area contributed by atoms with Crippen LogP contribution < -0.4 is 0 Å². The van der Waals surface area contributed by atoms with E-state index in [1.165, 1.54) is 32.8 Å². The van der Waals surface area contributed by atoms with E-state index in [-0.39, 0.29) is 74.4 Å². The molecule has 2 rings (SSSR count). The van der Waals surface area contributed by atoms with Crippen molar-refractivity contribution in [2.45, 2.75) is 371 Å². The molecule has 2 saturated heterocycles. The second-order valence-electron chi connectivity index (χ2n) is 28.9. The topological polar surface area (TPSA) is 541 Å². The molecule has 0 aromatic rings. The second kappa shape index (κ2) is 50.8. The number of unbranched alkanes of at least 4 members (excludes halogenated alkanes) is 10. The molecule has 30 atom stereocenters. The van der Waals surface area contributed by atoms with E-state index in [0.717, 1.165) is 51.0 Å². The maximum absolute atomic E-state index is 12.5. The van der Waals surface area contributed by atoms with Gasteiger partial charge in [-0.05, 0) is 127 Å². The van der Waals surface area contributed by atoms with Crippen molar-refractivity contribution < 1.29 is 142 Å². The van der Waals surface area contributed by atoms with Crippen molar-refractivity contribution in [3.05, 3.63) is 60.8 Å². The molecular formula is C73H132O28. The van der Waals surface area contributed by atoms with E-state index in [0.29, 0.717) is 57.8 Å². The van der Waals surface area contributed by atoms with Crippen LogP contribution in [0.2, 0.25) is 0 Å². The standard InChI is InChI=1S/C73H132O28/c1-6-7-8-9-10-11-12-13-14-15-16-17-29-50(80)64(93)72-66(95)58(88)39-59(100-72)67(96)60(89)43(4)30-31-51(81)71-69(98)68(97)70(99)73(101-71)65(94)55(85)34-42(3)33-54(84)62(91)56(86)38-57(87)63(92)61(90)44(5)35-53(83)52(82)32-41(2)23-18-19-25-46(76)36-49(79)37-47(77)26-21-20-24-45(75)27-22-28-48(78)40-74/h6,17-18,23,29,34,41,44-48,50-78,80-99H,1,4,7-16,19-22,24-28,30-33,35-40H2,2-3,5H3. The van der Waals surface area contributed by atoms with E-state index in [1.807, 2.05) is 6.08 Å². The van der Waals surface area contributed by atoms with Crippen LogP contribution >= 0.6 is 0 Å². The minimum atomic E-state index is -2.10. The van der Waals surface area contributed by atoms with E-state index in [4.69, 9.17) is 14.6 Å². The summed E-state index contributed by atoms with van der Waals surface area (Å²) < 4.78 is 11.4. The number of carbonyl (C=O) groups is 1. The highest BCUT2D eigenvalue weighted by Gasteiger charge is 2.50. The molecule has 0 bridgehead atoms. The lowest BCUT2D eigenvalue weighted by Crippen LogP contribution is -2.64. The third kappa shape index (κ3) is 35.3. The Hall–Kier alpha value is -2.71. The number of rotatable bonds is 56. The van der Waals surface area contributed by atoms with Gasteiger partial charge in [-0.3, -0.25) is 4.79 Å². The van der Waals surface area contributed by atoms with E-state index in [1.54, 1.807) is 25.2 Å². The summed E-state index contributed by atoms with van der Waals surface area (Å²) in [4.78, 5) is 12.5. The summed E-state index contributed by atoms with van der Waals surface area (Å²) in [5.74, 6) is -1.51. The minimum Gasteiger partial charge on any atom is -0.394 e. The summed E-state index contributed by atoms with van der Waals surface area (Å²) in [7, 11) is 0. The summed E-state index contributed by atoms with van der Waals surface area (Å²) in [5, 5.41) is 267. The molecule has 0 aromatic carbocycles. The van der Waals surface area contributed by atoms with E-state index in [2.05, 4.69) is 13.2 Å². The lowest BCUT2D eigenvalue weighted by Gasteiger charge is -2.44. The number of ether oxygens (including phenoxy) is 2. The van der Waals surface area contributed by atoms with Crippen LogP contribution in [0.1, 0.15) is 201 Å². The van der Waals surface area contributed by atoms with Gasteiger partial charge >= 0.3 is 0 Å². The third-order valence-electron chi connectivity index (χ3n) is 19.6. The fourth-order valence-corrected chi connectivity index (χ4v) is 13.0. The Kier molecular flexibility index (Phi) is 47.4. The Balaban J connectivity index is 1.84. The van der Waals surface area contributed by atoms with Gasteiger partial charge in [0.25, 0.3) is 0 Å².